The van der Waals surface area contributed by atoms with Crippen molar-refractivity contribution >= 4 is 24.8 Å². The summed E-state index contributed by atoms with van der Waals surface area (Å²) < 4.78 is 54.3. The number of halogens is 5. The molecule has 0 unspecified atom stereocenters. The SMILES string of the molecule is COc1ccc(-n2nc(OCC(F)(F)F)cc2-c2ccc(OCCN)cc2)cn1.Cl.Cl. The molecule has 0 spiro atoms. The van der Waals surface area contributed by atoms with Gasteiger partial charge in [-0.05, 0) is 30.3 Å². The fourth-order valence-electron chi connectivity index (χ4n) is 2.51. The number of pyridine rings is 1. The smallest absolute Gasteiger partial charge is 0.422 e. The zero-order chi connectivity index (χ0) is 20.9. The minimum Gasteiger partial charge on any atom is -0.492 e. The standard InChI is InChI=1S/C19H19F3N4O3.2ClH/c1-27-17-7-4-14(11-24-17)26-16(10-18(25-26)29-12-19(20,21)22)13-2-5-15(6-3-13)28-9-8-23;;/h2-7,10-11H,8-9,12,23H2,1H3;2*1H. The summed E-state index contributed by atoms with van der Waals surface area (Å²) in [5, 5.41) is 4.15. The van der Waals surface area contributed by atoms with E-state index in [1.165, 1.54) is 24.1 Å². The highest BCUT2D eigenvalue weighted by molar-refractivity contribution is 5.85. The van der Waals surface area contributed by atoms with Gasteiger partial charge in [0.25, 0.3) is 0 Å². The molecule has 0 aliphatic rings. The molecule has 170 valence electrons. The third kappa shape index (κ3) is 7.20. The normalized spacial score (nSPS) is 10.6. The van der Waals surface area contributed by atoms with Crippen LogP contribution in [0.1, 0.15) is 0 Å². The Labute approximate surface area is 189 Å². The lowest BCUT2D eigenvalue weighted by Crippen LogP contribution is -2.19. The van der Waals surface area contributed by atoms with E-state index in [0.717, 1.165) is 0 Å². The molecule has 2 heterocycles. The highest BCUT2D eigenvalue weighted by atomic mass is 35.5. The molecule has 2 N–H and O–H groups in total. The van der Waals surface area contributed by atoms with Gasteiger partial charge >= 0.3 is 6.18 Å². The zero-order valence-corrected chi connectivity index (χ0v) is 18.0. The van der Waals surface area contributed by atoms with Gasteiger partial charge in [0, 0.05) is 24.2 Å². The molecule has 3 rings (SSSR count). The van der Waals surface area contributed by atoms with Crippen LogP contribution < -0.4 is 19.9 Å². The van der Waals surface area contributed by atoms with E-state index in [1.807, 2.05) is 0 Å². The highest BCUT2D eigenvalue weighted by Gasteiger charge is 2.29. The maximum absolute atomic E-state index is 12.5. The lowest BCUT2D eigenvalue weighted by atomic mass is 10.1. The number of hydrogen-bond donors (Lipinski definition) is 1. The third-order valence-corrected chi connectivity index (χ3v) is 3.78. The Morgan fingerprint density at radius 1 is 1.00 bits per heavy atom. The summed E-state index contributed by atoms with van der Waals surface area (Å²) in [4.78, 5) is 4.11. The summed E-state index contributed by atoms with van der Waals surface area (Å²) in [6, 6.07) is 11.8. The molecule has 7 nitrogen and oxygen atoms in total. The van der Waals surface area contributed by atoms with E-state index in [-0.39, 0.29) is 30.7 Å². The minimum absolute atomic E-state index is 0. The fraction of sp³-hybridized carbons (Fsp3) is 0.263. The number of rotatable bonds is 8. The van der Waals surface area contributed by atoms with Crippen LogP contribution in [0, 0.1) is 0 Å². The second kappa shape index (κ2) is 11.6. The van der Waals surface area contributed by atoms with Crippen molar-refractivity contribution in [2.75, 3.05) is 26.9 Å². The molecular weight excluding hydrogens is 460 g/mol. The largest absolute Gasteiger partial charge is 0.492 e. The lowest BCUT2D eigenvalue weighted by molar-refractivity contribution is -0.154. The number of ether oxygens (including phenoxy) is 3. The molecule has 0 fully saturated rings. The Morgan fingerprint density at radius 3 is 2.26 bits per heavy atom. The van der Waals surface area contributed by atoms with E-state index in [0.29, 0.717) is 41.7 Å². The van der Waals surface area contributed by atoms with Crippen LogP contribution in [0.15, 0.2) is 48.7 Å². The maximum atomic E-state index is 12.5. The quantitative estimate of drug-likeness (QED) is 0.523. The van der Waals surface area contributed by atoms with Gasteiger partial charge in [0.1, 0.15) is 12.4 Å². The first kappa shape index (κ1) is 26.3. The van der Waals surface area contributed by atoms with Crippen molar-refractivity contribution in [3.63, 3.8) is 0 Å². The van der Waals surface area contributed by atoms with Crippen LogP contribution in [0.5, 0.6) is 17.5 Å². The van der Waals surface area contributed by atoms with Crippen LogP contribution in [0.4, 0.5) is 13.2 Å². The Bertz CT molecular complexity index is 936. The molecule has 0 aliphatic heterocycles. The van der Waals surface area contributed by atoms with Crippen molar-refractivity contribution in [2.24, 2.45) is 5.73 Å². The third-order valence-electron chi connectivity index (χ3n) is 3.78. The van der Waals surface area contributed by atoms with Gasteiger partial charge in [0.2, 0.25) is 11.8 Å². The van der Waals surface area contributed by atoms with Crippen LogP contribution in [-0.4, -0.2) is 47.8 Å². The molecule has 0 radical (unpaired) electrons. The van der Waals surface area contributed by atoms with Crippen LogP contribution in [0.25, 0.3) is 16.9 Å². The zero-order valence-electron chi connectivity index (χ0n) is 16.3. The van der Waals surface area contributed by atoms with Gasteiger partial charge in [-0.2, -0.15) is 13.2 Å². The van der Waals surface area contributed by atoms with Gasteiger partial charge < -0.3 is 19.9 Å². The first-order valence-corrected chi connectivity index (χ1v) is 8.63. The molecule has 0 saturated heterocycles. The van der Waals surface area contributed by atoms with E-state index in [9.17, 15) is 13.2 Å². The predicted molar refractivity (Wildman–Crippen MR) is 114 cm³/mol. The molecule has 0 atom stereocenters. The molecule has 0 aliphatic carbocycles. The maximum Gasteiger partial charge on any atom is 0.422 e. The molecule has 2 aromatic heterocycles. The van der Waals surface area contributed by atoms with Crippen molar-refractivity contribution in [3.05, 3.63) is 48.7 Å². The summed E-state index contributed by atoms with van der Waals surface area (Å²) in [7, 11) is 1.48. The van der Waals surface area contributed by atoms with Gasteiger partial charge in [-0.1, -0.05) is 0 Å². The number of nitrogens with zero attached hydrogens (tertiary/aromatic N) is 3. The second-order valence-corrected chi connectivity index (χ2v) is 5.90. The average Bonchev–Trinajstić information content (AvgIpc) is 3.15. The van der Waals surface area contributed by atoms with E-state index in [1.54, 1.807) is 36.4 Å². The monoisotopic (exact) mass is 480 g/mol. The number of benzene rings is 1. The Balaban J connectivity index is 0.00000240. The van der Waals surface area contributed by atoms with E-state index < -0.39 is 12.8 Å². The number of aromatic nitrogens is 3. The first-order valence-electron chi connectivity index (χ1n) is 8.63. The molecule has 1 aromatic carbocycles. The number of methoxy groups -OCH3 is 1. The van der Waals surface area contributed by atoms with Crippen LogP contribution >= 0.6 is 24.8 Å². The van der Waals surface area contributed by atoms with Gasteiger partial charge in [0.05, 0.1) is 24.7 Å². The Hall–Kier alpha value is -2.69. The van der Waals surface area contributed by atoms with Crippen molar-refractivity contribution < 1.29 is 27.4 Å². The van der Waals surface area contributed by atoms with E-state index in [2.05, 4.69) is 10.1 Å². The van der Waals surface area contributed by atoms with Crippen molar-refractivity contribution in [1.82, 2.24) is 14.8 Å². The Kier molecular flexibility index (Phi) is 9.89. The molecular formula is C19H21Cl2F3N4O3. The summed E-state index contributed by atoms with van der Waals surface area (Å²) in [5.74, 6) is 0.874. The highest BCUT2D eigenvalue weighted by Crippen LogP contribution is 2.29. The molecule has 3 aromatic rings. The molecule has 31 heavy (non-hydrogen) atoms. The lowest BCUT2D eigenvalue weighted by Gasteiger charge is -2.09. The van der Waals surface area contributed by atoms with E-state index >= 15 is 0 Å². The number of hydrogen-bond acceptors (Lipinski definition) is 6. The van der Waals surface area contributed by atoms with Crippen molar-refractivity contribution in [1.29, 1.82) is 0 Å². The van der Waals surface area contributed by atoms with Crippen molar-refractivity contribution in [2.45, 2.75) is 6.18 Å². The van der Waals surface area contributed by atoms with Gasteiger partial charge in [-0.25, -0.2) is 9.67 Å². The van der Waals surface area contributed by atoms with E-state index in [4.69, 9.17) is 19.9 Å². The van der Waals surface area contributed by atoms with Crippen molar-refractivity contribution in [3.8, 4) is 34.5 Å². The minimum atomic E-state index is -4.46. The average molecular weight is 481 g/mol. The fourth-order valence-corrected chi connectivity index (χ4v) is 2.51. The summed E-state index contributed by atoms with van der Waals surface area (Å²) in [6.45, 7) is -0.667. The molecule has 0 bridgehead atoms. The molecule has 0 saturated carbocycles. The number of alkyl halides is 3. The summed E-state index contributed by atoms with van der Waals surface area (Å²) in [6.07, 6.45) is -2.96. The van der Waals surface area contributed by atoms with Crippen LogP contribution in [0.2, 0.25) is 0 Å². The predicted octanol–water partition coefficient (Wildman–Crippen LogP) is 4.07. The second-order valence-electron chi connectivity index (χ2n) is 5.90. The number of nitrogens with two attached hydrogens (primary N) is 1. The topological polar surface area (TPSA) is 84.4 Å². The summed E-state index contributed by atoms with van der Waals surface area (Å²) >= 11 is 0. The van der Waals surface area contributed by atoms with Gasteiger partial charge in [0.15, 0.2) is 6.61 Å². The molecule has 12 heteroatoms. The Morgan fingerprint density at radius 2 is 1.71 bits per heavy atom. The molecule has 0 amide bonds. The van der Waals surface area contributed by atoms with Gasteiger partial charge in [-0.3, -0.25) is 0 Å². The first-order chi connectivity index (χ1) is 13.9. The van der Waals surface area contributed by atoms with Crippen LogP contribution in [-0.2, 0) is 0 Å². The van der Waals surface area contributed by atoms with Crippen LogP contribution in [0.3, 0.4) is 0 Å². The summed E-state index contributed by atoms with van der Waals surface area (Å²) in [5.41, 5.74) is 7.18. The van der Waals surface area contributed by atoms with Gasteiger partial charge in [-0.15, -0.1) is 29.9 Å².